The number of carbonyl (C=O) groups is 1. The van der Waals surface area contributed by atoms with Gasteiger partial charge in [0.05, 0.1) is 5.69 Å². The van der Waals surface area contributed by atoms with E-state index in [0.717, 1.165) is 41.9 Å². The van der Waals surface area contributed by atoms with Gasteiger partial charge >= 0.3 is 0 Å². The molecule has 170 valence electrons. The highest BCUT2D eigenvalue weighted by Gasteiger charge is 2.26. The summed E-state index contributed by atoms with van der Waals surface area (Å²) >= 11 is 0. The van der Waals surface area contributed by atoms with E-state index in [-0.39, 0.29) is 24.0 Å². The third-order valence-corrected chi connectivity index (χ3v) is 6.20. The number of hydrogen-bond donors (Lipinski definition) is 1. The Morgan fingerprint density at radius 2 is 2.03 bits per heavy atom. The molecule has 1 aliphatic rings. The molecule has 7 nitrogen and oxygen atoms in total. The minimum absolute atomic E-state index is 0.0831. The lowest BCUT2D eigenvalue weighted by Gasteiger charge is -2.27. The smallest absolute Gasteiger partial charge is 0.287 e. The van der Waals surface area contributed by atoms with Gasteiger partial charge in [0, 0.05) is 29.8 Å². The summed E-state index contributed by atoms with van der Waals surface area (Å²) < 4.78 is 12.3. The number of fused-ring (bicyclic) bond motifs is 1. The molecule has 0 spiro atoms. The molecule has 0 bridgehead atoms. The highest BCUT2D eigenvalue weighted by Crippen LogP contribution is 2.32. The van der Waals surface area contributed by atoms with Crippen molar-refractivity contribution in [2.45, 2.75) is 65.4 Å². The number of unbranched alkanes of at least 4 members (excludes halogenated alkanes) is 1. The molecule has 4 rings (SSSR count). The lowest BCUT2D eigenvalue weighted by Crippen LogP contribution is -2.27. The highest BCUT2D eigenvalue weighted by atomic mass is 16.5. The summed E-state index contributed by atoms with van der Waals surface area (Å²) in [4.78, 5) is 29.3. The lowest BCUT2D eigenvalue weighted by atomic mass is 9.79. The van der Waals surface area contributed by atoms with Crippen molar-refractivity contribution in [3.8, 4) is 5.75 Å². The molecule has 1 amide bonds. The van der Waals surface area contributed by atoms with Crippen LogP contribution in [0.1, 0.15) is 63.3 Å². The van der Waals surface area contributed by atoms with Gasteiger partial charge in [-0.05, 0) is 50.7 Å². The average Bonchev–Trinajstić information content (AvgIpc) is 3.18. The van der Waals surface area contributed by atoms with Crippen molar-refractivity contribution < 1.29 is 14.1 Å². The largest absolute Gasteiger partial charge is 0.487 e. The second-order valence-corrected chi connectivity index (χ2v) is 8.75. The number of rotatable bonds is 8. The quantitative estimate of drug-likeness (QED) is 0.529. The zero-order valence-corrected chi connectivity index (χ0v) is 18.8. The number of amides is 1. The Morgan fingerprint density at radius 3 is 2.81 bits per heavy atom. The normalized spacial score (nSPS) is 18.6. The van der Waals surface area contributed by atoms with Crippen molar-refractivity contribution in [2.24, 2.45) is 11.8 Å². The third-order valence-electron chi connectivity index (χ3n) is 6.20. The first-order valence-corrected chi connectivity index (χ1v) is 11.5. The van der Waals surface area contributed by atoms with Gasteiger partial charge in [-0.2, -0.15) is 0 Å². The number of benzene rings is 1. The summed E-state index contributed by atoms with van der Waals surface area (Å²) in [5, 5.41) is 3.04. The Morgan fingerprint density at radius 1 is 1.22 bits per heavy atom. The molecule has 0 aliphatic heterocycles. The molecule has 32 heavy (non-hydrogen) atoms. The van der Waals surface area contributed by atoms with E-state index in [1.54, 1.807) is 19.1 Å². The van der Waals surface area contributed by atoms with Crippen LogP contribution >= 0.6 is 0 Å². The van der Waals surface area contributed by atoms with Gasteiger partial charge in [-0.15, -0.1) is 4.57 Å². The minimum Gasteiger partial charge on any atom is -0.487 e. The van der Waals surface area contributed by atoms with Crippen molar-refractivity contribution in [1.29, 1.82) is 0 Å². The third kappa shape index (κ3) is 5.39. The summed E-state index contributed by atoms with van der Waals surface area (Å²) in [6, 6.07) is 10.4. The van der Waals surface area contributed by atoms with E-state index >= 15 is 0 Å². The number of anilines is 1. The molecule has 7 heteroatoms. The van der Waals surface area contributed by atoms with Crippen LogP contribution in [0.2, 0.25) is 0 Å². The standard InChI is InChI=1S/C25H31N3O4/c1-3-4-6-18-9-11-19(12-10-18)25(30)27-20-7-5-8-22(14-20)31-16-21-15-24(29)28-23(26-21)13-17(2)32-28/h5,7-8,13-15,18-19H,3-4,6,9-12,16H2,1-2H3,(H,27,30). The lowest BCUT2D eigenvalue weighted by molar-refractivity contribution is -0.121. The van der Waals surface area contributed by atoms with Crippen molar-refractivity contribution >= 4 is 17.2 Å². The number of nitrogens with zero attached hydrogens (tertiary/aromatic N) is 2. The fourth-order valence-electron chi connectivity index (χ4n) is 4.42. The Bertz CT molecular complexity index is 1130. The number of aryl methyl sites for hydroxylation is 1. The van der Waals surface area contributed by atoms with Crippen LogP contribution in [0.25, 0.3) is 5.65 Å². The monoisotopic (exact) mass is 437 g/mol. The van der Waals surface area contributed by atoms with E-state index in [4.69, 9.17) is 9.26 Å². The van der Waals surface area contributed by atoms with Crippen molar-refractivity contribution in [2.75, 3.05) is 5.32 Å². The average molecular weight is 438 g/mol. The highest BCUT2D eigenvalue weighted by molar-refractivity contribution is 5.92. The summed E-state index contributed by atoms with van der Waals surface area (Å²) in [5.41, 5.74) is 1.41. The van der Waals surface area contributed by atoms with Gasteiger partial charge in [0.2, 0.25) is 5.91 Å². The maximum Gasteiger partial charge on any atom is 0.287 e. The summed E-state index contributed by atoms with van der Waals surface area (Å²) in [5.74, 6) is 2.18. The summed E-state index contributed by atoms with van der Waals surface area (Å²) in [7, 11) is 0. The van der Waals surface area contributed by atoms with Gasteiger partial charge in [0.1, 0.15) is 18.1 Å². The van der Waals surface area contributed by atoms with Gasteiger partial charge in [0.25, 0.3) is 5.56 Å². The number of aromatic nitrogens is 2. The van der Waals surface area contributed by atoms with Crippen LogP contribution in [0, 0.1) is 18.8 Å². The van der Waals surface area contributed by atoms with E-state index in [2.05, 4.69) is 17.2 Å². The van der Waals surface area contributed by atoms with Crippen LogP contribution in [0.15, 0.2) is 45.7 Å². The van der Waals surface area contributed by atoms with Crippen LogP contribution in [0.4, 0.5) is 5.69 Å². The number of ether oxygens (including phenoxy) is 1. The Kier molecular flexibility index (Phi) is 6.93. The van der Waals surface area contributed by atoms with Crippen LogP contribution in [0.3, 0.4) is 0 Å². The SMILES string of the molecule is CCCCC1CCC(C(=O)Nc2cccc(OCc3cc(=O)n4oc(C)cc4n3)c2)CC1. The summed E-state index contributed by atoms with van der Waals surface area (Å²) in [6.45, 7) is 4.14. The van der Waals surface area contributed by atoms with Crippen LogP contribution < -0.4 is 15.6 Å². The second kappa shape index (κ2) is 10.0. The molecule has 2 heterocycles. The molecule has 0 radical (unpaired) electrons. The van der Waals surface area contributed by atoms with Gasteiger partial charge < -0.3 is 14.6 Å². The van der Waals surface area contributed by atoms with E-state index in [1.807, 2.05) is 18.2 Å². The first-order valence-electron chi connectivity index (χ1n) is 11.5. The predicted octanol–water partition coefficient (Wildman–Crippen LogP) is 5.11. The fourth-order valence-corrected chi connectivity index (χ4v) is 4.42. The maximum atomic E-state index is 12.7. The Balaban J connectivity index is 1.33. The van der Waals surface area contributed by atoms with E-state index in [1.165, 1.54) is 25.3 Å². The van der Waals surface area contributed by atoms with Crippen LogP contribution in [-0.4, -0.2) is 15.5 Å². The fraction of sp³-hybridized carbons (Fsp3) is 0.480. The summed E-state index contributed by atoms with van der Waals surface area (Å²) in [6.07, 6.45) is 8.04. The molecule has 1 saturated carbocycles. The van der Waals surface area contributed by atoms with E-state index in [0.29, 0.717) is 22.9 Å². The van der Waals surface area contributed by atoms with Crippen molar-refractivity contribution in [3.05, 3.63) is 58.2 Å². The molecule has 1 aromatic carbocycles. The molecule has 1 N–H and O–H groups in total. The molecule has 0 saturated heterocycles. The van der Waals surface area contributed by atoms with E-state index < -0.39 is 0 Å². The van der Waals surface area contributed by atoms with Crippen LogP contribution in [-0.2, 0) is 11.4 Å². The van der Waals surface area contributed by atoms with Gasteiger partial charge in [-0.1, -0.05) is 32.3 Å². The first-order chi connectivity index (χ1) is 15.5. The molecule has 3 aromatic rings. The van der Waals surface area contributed by atoms with Crippen molar-refractivity contribution in [1.82, 2.24) is 9.56 Å². The van der Waals surface area contributed by atoms with Crippen LogP contribution in [0.5, 0.6) is 5.75 Å². The number of carbonyl (C=O) groups excluding carboxylic acids is 1. The first kappa shape index (κ1) is 22.1. The molecular formula is C25H31N3O4. The van der Waals surface area contributed by atoms with Gasteiger partial charge in [-0.3, -0.25) is 9.59 Å². The van der Waals surface area contributed by atoms with Gasteiger partial charge in [-0.25, -0.2) is 4.98 Å². The zero-order chi connectivity index (χ0) is 22.5. The molecule has 2 aromatic heterocycles. The Hall–Kier alpha value is -3.09. The Labute approximate surface area is 187 Å². The van der Waals surface area contributed by atoms with E-state index in [9.17, 15) is 9.59 Å². The maximum absolute atomic E-state index is 12.7. The minimum atomic E-state index is -0.285. The molecule has 1 aliphatic carbocycles. The number of nitrogens with one attached hydrogen (secondary N) is 1. The second-order valence-electron chi connectivity index (χ2n) is 8.75. The number of hydrogen-bond acceptors (Lipinski definition) is 5. The molecule has 1 fully saturated rings. The molecule has 0 atom stereocenters. The predicted molar refractivity (Wildman–Crippen MR) is 123 cm³/mol. The molecule has 0 unspecified atom stereocenters. The van der Waals surface area contributed by atoms with Crippen molar-refractivity contribution in [3.63, 3.8) is 0 Å². The topological polar surface area (TPSA) is 85.8 Å². The zero-order valence-electron chi connectivity index (χ0n) is 18.8. The van der Waals surface area contributed by atoms with Gasteiger partial charge in [0.15, 0.2) is 5.65 Å². The molecular weight excluding hydrogens is 406 g/mol.